The largest absolute Gasteiger partial charge is 0.439 e. The smallest absolute Gasteiger partial charge is 0.281 e. The molecule has 3 nitrogen and oxygen atoms in total. The number of hydrogen-bond acceptors (Lipinski definition) is 2. The Morgan fingerprint density at radius 3 is 1.00 bits per heavy atom. The highest BCUT2D eigenvalue weighted by atomic mass is 32.2. The molecule has 0 unspecified atom stereocenters. The Morgan fingerprint density at radius 2 is 0.944 bits per heavy atom. The van der Waals surface area contributed by atoms with E-state index < -0.39 is 33.4 Å². The van der Waals surface area contributed by atoms with E-state index in [-0.39, 0.29) is 4.70 Å². The molecule has 0 saturated heterocycles. The van der Waals surface area contributed by atoms with Gasteiger partial charge in [-0.15, -0.1) is 0 Å². The van der Waals surface area contributed by atoms with E-state index in [2.05, 4.69) is 0 Å². The summed E-state index contributed by atoms with van der Waals surface area (Å²) in [6, 6.07) is 0. The van der Waals surface area contributed by atoms with E-state index >= 15 is 0 Å². The van der Waals surface area contributed by atoms with Crippen LogP contribution in [0.3, 0.4) is 0 Å². The van der Waals surface area contributed by atoms with E-state index in [1.54, 1.807) is 0 Å². The van der Waals surface area contributed by atoms with Crippen LogP contribution in [0.1, 0.15) is 0 Å². The third-order valence-electron chi connectivity index (χ3n) is 1.51. The molecular weight excluding hydrogens is 318 g/mol. The van der Waals surface area contributed by atoms with Gasteiger partial charge in [0.2, 0.25) is 0 Å². The molecule has 0 spiro atoms. The van der Waals surface area contributed by atoms with Crippen LogP contribution >= 0.6 is 0 Å². The number of hydrogen-bond donors (Lipinski definition) is 1. The zero-order chi connectivity index (χ0) is 14.5. The first kappa shape index (κ1) is 19.5. The molecule has 0 rings (SSSR count). The minimum atomic E-state index is -7.42. The molecule has 0 aromatic rings. The van der Waals surface area contributed by atoms with Crippen LogP contribution in [0.4, 0.5) is 44.2 Å². The highest BCUT2D eigenvalue weighted by Crippen LogP contribution is 2.56. The number of rotatable bonds is 2. The highest BCUT2D eigenvalue weighted by Gasteiger charge is 2.88. The zero-order valence-corrected chi connectivity index (χ0v) is 8.30. The summed E-state index contributed by atoms with van der Waals surface area (Å²) in [6.07, 6.45) is -14.6. The van der Waals surface area contributed by atoms with E-state index in [9.17, 15) is 47.9 Å². The summed E-state index contributed by atoms with van der Waals surface area (Å²) in [5.41, 5.74) is -7.42. The molecule has 0 saturated carbocycles. The average molecular weight is 320 g/mol. The van der Waals surface area contributed by atoms with Crippen molar-refractivity contribution in [1.29, 1.82) is 0 Å². The molecule has 0 aliphatic carbocycles. The highest BCUT2D eigenvalue weighted by molar-refractivity contribution is 7.87. The minimum absolute atomic E-state index is 0. The molecule has 1 N–H and O–H groups in total. The third kappa shape index (κ3) is 2.48. The van der Waals surface area contributed by atoms with Crippen molar-refractivity contribution >= 4 is 10.1 Å². The molecule has 0 amide bonds. The van der Waals surface area contributed by atoms with Crippen molar-refractivity contribution in [2.45, 2.75) is 23.3 Å². The molecule has 0 fully saturated rings. The lowest BCUT2D eigenvalue weighted by Gasteiger charge is -2.33. The monoisotopic (exact) mass is 320 g/mol. The van der Waals surface area contributed by atoms with Gasteiger partial charge < -0.3 is 0 Å². The van der Waals surface area contributed by atoms with Gasteiger partial charge in [-0.2, -0.15) is 43.5 Å². The van der Waals surface area contributed by atoms with Crippen molar-refractivity contribution in [2.75, 3.05) is 0 Å². The van der Waals surface area contributed by atoms with E-state index in [1.807, 2.05) is 0 Å². The van der Waals surface area contributed by atoms with Crippen LogP contribution in [0, 0.1) is 0 Å². The second-order valence-corrected chi connectivity index (χ2v) is 4.11. The van der Waals surface area contributed by atoms with Crippen molar-refractivity contribution in [2.24, 2.45) is 0 Å². The quantitative estimate of drug-likeness (QED) is 0.628. The van der Waals surface area contributed by atoms with Crippen molar-refractivity contribution in [3.05, 3.63) is 0 Å². The Kier molecular flexibility index (Phi) is 4.77. The number of alkyl halides is 9. The van der Waals surface area contributed by atoms with Crippen LogP contribution in [-0.2, 0) is 10.1 Å². The molecule has 0 radical (unpaired) electrons. The fraction of sp³-hybridized carbons (Fsp3) is 1.00. The maximum Gasteiger partial charge on any atom is 0.439 e. The van der Waals surface area contributed by atoms with Crippen LogP contribution in [0.25, 0.3) is 0 Å². The molecule has 0 heterocycles. The van der Waals surface area contributed by atoms with Gasteiger partial charge in [-0.25, -0.2) is 4.39 Å². The topological polar surface area (TPSA) is 54.4 Å². The zero-order valence-electron chi connectivity index (χ0n) is 7.48. The summed E-state index contributed by atoms with van der Waals surface area (Å²) in [7, 11) is -7.27. The van der Waals surface area contributed by atoms with Crippen LogP contribution in [0.15, 0.2) is 0 Å². The minimum Gasteiger partial charge on any atom is -0.281 e. The fourth-order valence-electron chi connectivity index (χ4n) is 0.668. The normalized spacial score (nSPS) is 15.2. The SMILES string of the molecule is F.O=S(=O)(O)C(F)(F)C(F)(C(F)(F)F)C(F)(F)F. The summed E-state index contributed by atoms with van der Waals surface area (Å²) in [4.78, 5) is 0. The van der Waals surface area contributed by atoms with Crippen molar-refractivity contribution in [3.63, 3.8) is 0 Å². The summed E-state index contributed by atoms with van der Waals surface area (Å²) >= 11 is 0. The molecule has 0 aliphatic rings. The third-order valence-corrected chi connectivity index (χ3v) is 2.44. The second-order valence-electron chi connectivity index (χ2n) is 2.65. The van der Waals surface area contributed by atoms with E-state index in [1.165, 1.54) is 0 Å². The predicted octanol–water partition coefficient (Wildman–Crippen LogP) is 2.45. The first-order chi connectivity index (χ1) is 7.00. The molecule has 0 aromatic carbocycles. The predicted molar refractivity (Wildman–Crippen MR) is 34.9 cm³/mol. The van der Waals surface area contributed by atoms with Crippen LogP contribution in [-0.4, -0.2) is 36.2 Å². The van der Waals surface area contributed by atoms with Gasteiger partial charge in [0.05, 0.1) is 0 Å². The van der Waals surface area contributed by atoms with Crippen molar-refractivity contribution < 1.29 is 57.2 Å². The molecule has 18 heavy (non-hydrogen) atoms. The summed E-state index contributed by atoms with van der Waals surface area (Å²) in [5, 5.41) is -7.13. The van der Waals surface area contributed by atoms with Gasteiger partial charge in [0.25, 0.3) is 0 Å². The lowest BCUT2D eigenvalue weighted by atomic mass is 10.1. The van der Waals surface area contributed by atoms with Crippen LogP contribution in [0.5, 0.6) is 0 Å². The molecule has 0 bridgehead atoms. The lowest BCUT2D eigenvalue weighted by Crippen LogP contribution is -2.66. The van der Waals surface area contributed by atoms with Gasteiger partial charge in [0, 0.05) is 0 Å². The Hall–Kier alpha value is -0.790. The fourth-order valence-corrected chi connectivity index (χ4v) is 1.26. The first-order valence-corrected chi connectivity index (χ1v) is 4.61. The average Bonchev–Trinajstić information content (AvgIpc) is 1.95. The Morgan fingerprint density at radius 1 is 0.722 bits per heavy atom. The number of halogens is 10. The van der Waals surface area contributed by atoms with Crippen molar-refractivity contribution in [1.82, 2.24) is 0 Å². The summed E-state index contributed by atoms with van der Waals surface area (Å²) < 4.78 is 134. The first-order valence-electron chi connectivity index (χ1n) is 3.17. The molecule has 14 heteroatoms. The van der Waals surface area contributed by atoms with Gasteiger partial charge in [0.1, 0.15) is 0 Å². The van der Waals surface area contributed by atoms with Gasteiger partial charge in [-0.1, -0.05) is 0 Å². The maximum absolute atomic E-state index is 12.5. The maximum atomic E-state index is 12.5. The van der Waals surface area contributed by atoms with E-state index in [0.717, 1.165) is 0 Å². The Labute approximate surface area is 91.7 Å². The Balaban J connectivity index is 0. The summed E-state index contributed by atoms with van der Waals surface area (Å²) in [6.45, 7) is 0. The summed E-state index contributed by atoms with van der Waals surface area (Å²) in [5.74, 6) is 0. The molecule has 0 atom stereocenters. The second kappa shape index (κ2) is 4.40. The standard InChI is InChI=1S/C4HF9O3S.FH/c5-1(2(6,7)8,3(9,10)11)4(12,13)17(14,15)16;/h(H,14,15,16);1H. The van der Waals surface area contributed by atoms with E-state index in [0.29, 0.717) is 0 Å². The molecule has 0 aliphatic heterocycles. The lowest BCUT2D eigenvalue weighted by molar-refractivity contribution is -0.380. The molecular formula is C4H2F10O3S. The van der Waals surface area contributed by atoms with Crippen molar-refractivity contribution in [3.8, 4) is 0 Å². The van der Waals surface area contributed by atoms with Crippen LogP contribution in [0.2, 0.25) is 0 Å². The molecule has 112 valence electrons. The molecule has 0 aromatic heterocycles. The Bertz CT molecular complexity index is 376. The van der Waals surface area contributed by atoms with Gasteiger partial charge >= 0.3 is 33.4 Å². The van der Waals surface area contributed by atoms with Gasteiger partial charge in [0.15, 0.2) is 0 Å². The van der Waals surface area contributed by atoms with Gasteiger partial charge in [-0.3, -0.25) is 9.26 Å². The van der Waals surface area contributed by atoms with Gasteiger partial charge in [-0.05, 0) is 0 Å². The van der Waals surface area contributed by atoms with E-state index in [4.69, 9.17) is 4.55 Å². The van der Waals surface area contributed by atoms with Crippen LogP contribution < -0.4 is 0 Å².